The first-order chi connectivity index (χ1) is 9.91. The number of likely N-dealkylation sites (tertiary alicyclic amines) is 1. The van der Waals surface area contributed by atoms with Gasteiger partial charge in [-0.05, 0) is 30.9 Å². The van der Waals surface area contributed by atoms with Crippen LogP contribution in [0.25, 0.3) is 0 Å². The van der Waals surface area contributed by atoms with E-state index in [0.29, 0.717) is 18.7 Å². The summed E-state index contributed by atoms with van der Waals surface area (Å²) in [6.07, 6.45) is -1.57. The van der Waals surface area contributed by atoms with E-state index in [4.69, 9.17) is 5.73 Å². The van der Waals surface area contributed by atoms with Crippen molar-refractivity contribution in [3.05, 3.63) is 35.4 Å². The number of benzene rings is 1. The third-order valence-electron chi connectivity index (χ3n) is 3.83. The van der Waals surface area contributed by atoms with Crippen LogP contribution in [0, 0.1) is 0 Å². The van der Waals surface area contributed by atoms with E-state index >= 15 is 0 Å². The van der Waals surface area contributed by atoms with Gasteiger partial charge in [-0.15, -0.1) is 0 Å². The van der Waals surface area contributed by atoms with Gasteiger partial charge in [0.05, 0.1) is 12.0 Å². The summed E-state index contributed by atoms with van der Waals surface area (Å²) < 4.78 is 38.0. The summed E-state index contributed by atoms with van der Waals surface area (Å²) >= 11 is 0. The zero-order chi connectivity index (χ0) is 15.5. The maximum absolute atomic E-state index is 12.7. The van der Waals surface area contributed by atoms with Crippen LogP contribution in [0.15, 0.2) is 24.3 Å². The molecule has 1 saturated heterocycles. The second-order valence-electron chi connectivity index (χ2n) is 5.35. The van der Waals surface area contributed by atoms with E-state index < -0.39 is 11.7 Å². The van der Waals surface area contributed by atoms with Gasteiger partial charge in [0.1, 0.15) is 0 Å². The van der Waals surface area contributed by atoms with Crippen molar-refractivity contribution in [2.45, 2.75) is 37.9 Å². The zero-order valence-corrected chi connectivity index (χ0v) is 11.7. The van der Waals surface area contributed by atoms with Gasteiger partial charge in [0.2, 0.25) is 5.91 Å². The van der Waals surface area contributed by atoms with Crippen LogP contribution in [0.4, 0.5) is 13.2 Å². The van der Waals surface area contributed by atoms with Crippen molar-refractivity contribution in [1.29, 1.82) is 0 Å². The SMILES string of the molecule is NCC1CCCCN1C(=O)Cc1cccc(C(F)(F)F)c1. The molecule has 21 heavy (non-hydrogen) atoms. The van der Waals surface area contributed by atoms with E-state index in [1.54, 1.807) is 11.0 Å². The molecule has 1 atom stereocenters. The standard InChI is InChI=1S/C15H19F3N2O/c16-15(17,18)12-5-3-4-11(8-12)9-14(21)20-7-2-1-6-13(20)10-19/h3-5,8,13H,1-2,6-7,9-10,19H2. The molecule has 0 aliphatic carbocycles. The highest BCUT2D eigenvalue weighted by atomic mass is 19.4. The number of hydrogen-bond donors (Lipinski definition) is 1. The molecule has 0 aromatic heterocycles. The summed E-state index contributed by atoms with van der Waals surface area (Å²) in [5, 5.41) is 0. The van der Waals surface area contributed by atoms with Crippen molar-refractivity contribution in [3.63, 3.8) is 0 Å². The van der Waals surface area contributed by atoms with Gasteiger partial charge in [0.25, 0.3) is 0 Å². The third kappa shape index (κ3) is 3.97. The minimum Gasteiger partial charge on any atom is -0.338 e. The summed E-state index contributed by atoms with van der Waals surface area (Å²) in [4.78, 5) is 14.0. The lowest BCUT2D eigenvalue weighted by molar-refractivity contribution is -0.138. The Morgan fingerprint density at radius 1 is 1.33 bits per heavy atom. The van der Waals surface area contributed by atoms with Crippen LogP contribution in [-0.2, 0) is 17.4 Å². The van der Waals surface area contributed by atoms with E-state index in [-0.39, 0.29) is 18.4 Å². The second-order valence-corrected chi connectivity index (χ2v) is 5.35. The average molecular weight is 300 g/mol. The Kier molecular flexibility index (Phi) is 4.88. The molecular weight excluding hydrogens is 281 g/mol. The molecule has 0 spiro atoms. The monoisotopic (exact) mass is 300 g/mol. The number of nitrogens with zero attached hydrogens (tertiary/aromatic N) is 1. The molecule has 1 aliphatic heterocycles. The summed E-state index contributed by atoms with van der Waals surface area (Å²) in [5.41, 5.74) is 5.33. The maximum Gasteiger partial charge on any atom is 0.416 e. The zero-order valence-electron chi connectivity index (χ0n) is 11.7. The Balaban J connectivity index is 2.08. The van der Waals surface area contributed by atoms with Gasteiger partial charge >= 0.3 is 6.18 Å². The summed E-state index contributed by atoms with van der Waals surface area (Å²) in [5.74, 6) is -0.149. The largest absolute Gasteiger partial charge is 0.416 e. The van der Waals surface area contributed by atoms with E-state index in [1.807, 2.05) is 0 Å². The minimum absolute atomic E-state index is 0.0112. The number of halogens is 3. The highest BCUT2D eigenvalue weighted by Gasteiger charge is 2.31. The topological polar surface area (TPSA) is 46.3 Å². The highest BCUT2D eigenvalue weighted by molar-refractivity contribution is 5.79. The smallest absolute Gasteiger partial charge is 0.338 e. The van der Waals surface area contributed by atoms with Crippen LogP contribution in [0.5, 0.6) is 0 Å². The quantitative estimate of drug-likeness (QED) is 0.932. The third-order valence-corrected chi connectivity index (χ3v) is 3.83. The maximum atomic E-state index is 12.7. The summed E-state index contributed by atoms with van der Waals surface area (Å²) in [7, 11) is 0. The van der Waals surface area contributed by atoms with E-state index in [0.717, 1.165) is 31.4 Å². The van der Waals surface area contributed by atoms with Crippen LogP contribution in [0.2, 0.25) is 0 Å². The number of carbonyl (C=O) groups is 1. The normalized spacial score (nSPS) is 19.6. The van der Waals surface area contributed by atoms with Crippen LogP contribution >= 0.6 is 0 Å². The first-order valence-corrected chi connectivity index (χ1v) is 7.07. The number of alkyl halides is 3. The Morgan fingerprint density at radius 2 is 2.10 bits per heavy atom. The van der Waals surface area contributed by atoms with Gasteiger partial charge in [-0.1, -0.05) is 18.2 Å². The van der Waals surface area contributed by atoms with Crippen molar-refractivity contribution < 1.29 is 18.0 Å². The molecule has 0 radical (unpaired) electrons. The molecule has 1 heterocycles. The summed E-state index contributed by atoms with van der Waals surface area (Å²) in [6.45, 7) is 1.04. The van der Waals surface area contributed by atoms with Gasteiger partial charge in [0.15, 0.2) is 0 Å². The Labute approximate surface area is 121 Å². The lowest BCUT2D eigenvalue weighted by Crippen LogP contribution is -2.48. The lowest BCUT2D eigenvalue weighted by atomic mass is 10.0. The van der Waals surface area contributed by atoms with Gasteiger partial charge in [0, 0.05) is 19.1 Å². The molecule has 3 nitrogen and oxygen atoms in total. The summed E-state index contributed by atoms with van der Waals surface area (Å²) in [6, 6.07) is 4.95. The first kappa shape index (κ1) is 15.8. The fourth-order valence-electron chi connectivity index (χ4n) is 2.71. The van der Waals surface area contributed by atoms with Crippen molar-refractivity contribution >= 4 is 5.91 Å². The minimum atomic E-state index is -4.38. The molecule has 0 bridgehead atoms. The molecule has 1 amide bonds. The Morgan fingerprint density at radius 3 is 2.76 bits per heavy atom. The molecule has 1 unspecified atom stereocenters. The van der Waals surface area contributed by atoms with Crippen LogP contribution in [0.1, 0.15) is 30.4 Å². The first-order valence-electron chi connectivity index (χ1n) is 7.07. The van der Waals surface area contributed by atoms with Crippen LogP contribution in [0.3, 0.4) is 0 Å². The fourth-order valence-corrected chi connectivity index (χ4v) is 2.71. The molecule has 116 valence electrons. The van der Waals surface area contributed by atoms with E-state index in [2.05, 4.69) is 0 Å². The van der Waals surface area contributed by atoms with Crippen LogP contribution < -0.4 is 5.73 Å². The fraction of sp³-hybridized carbons (Fsp3) is 0.533. The average Bonchev–Trinajstić information content (AvgIpc) is 2.46. The van der Waals surface area contributed by atoms with Gasteiger partial charge < -0.3 is 10.6 Å². The van der Waals surface area contributed by atoms with Crippen LogP contribution in [-0.4, -0.2) is 29.9 Å². The van der Waals surface area contributed by atoms with E-state index in [1.165, 1.54) is 6.07 Å². The molecule has 1 aromatic carbocycles. The molecule has 6 heteroatoms. The van der Waals surface area contributed by atoms with E-state index in [9.17, 15) is 18.0 Å². The molecule has 2 rings (SSSR count). The van der Waals surface area contributed by atoms with Crippen molar-refractivity contribution in [3.8, 4) is 0 Å². The number of hydrogen-bond acceptors (Lipinski definition) is 2. The molecule has 1 aliphatic rings. The number of rotatable bonds is 3. The Hall–Kier alpha value is -1.56. The number of nitrogens with two attached hydrogens (primary N) is 1. The molecular formula is C15H19F3N2O. The lowest BCUT2D eigenvalue weighted by Gasteiger charge is -2.35. The van der Waals surface area contributed by atoms with Crippen molar-refractivity contribution in [2.24, 2.45) is 5.73 Å². The molecule has 1 aromatic rings. The van der Waals surface area contributed by atoms with Gasteiger partial charge in [-0.3, -0.25) is 4.79 Å². The van der Waals surface area contributed by atoms with Crippen molar-refractivity contribution in [2.75, 3.05) is 13.1 Å². The molecule has 1 fully saturated rings. The molecule has 2 N–H and O–H groups in total. The predicted octanol–water partition coefficient (Wildman–Crippen LogP) is 2.59. The second kappa shape index (κ2) is 6.47. The van der Waals surface area contributed by atoms with Gasteiger partial charge in [-0.2, -0.15) is 13.2 Å². The molecule has 0 saturated carbocycles. The number of carbonyl (C=O) groups excluding carboxylic acids is 1. The highest BCUT2D eigenvalue weighted by Crippen LogP contribution is 2.29. The number of piperidine rings is 1. The number of amides is 1. The predicted molar refractivity (Wildman–Crippen MR) is 73.6 cm³/mol. The van der Waals surface area contributed by atoms with Gasteiger partial charge in [-0.25, -0.2) is 0 Å². The van der Waals surface area contributed by atoms with Crippen molar-refractivity contribution in [1.82, 2.24) is 4.90 Å². The Bertz CT molecular complexity index is 502.